The van der Waals surface area contributed by atoms with Crippen molar-refractivity contribution >= 4 is 5.91 Å². The number of carbonyl (C=O) groups excluding carboxylic acids is 1. The summed E-state index contributed by atoms with van der Waals surface area (Å²) in [4.78, 5) is 14.3. The van der Waals surface area contributed by atoms with Gasteiger partial charge in [-0.3, -0.25) is 4.79 Å². The number of aromatic nitrogens is 1. The van der Waals surface area contributed by atoms with Gasteiger partial charge in [0.1, 0.15) is 5.76 Å². The van der Waals surface area contributed by atoms with Crippen LogP contribution in [0.3, 0.4) is 0 Å². The Hall–Kier alpha value is -1.32. The van der Waals surface area contributed by atoms with Crippen LogP contribution in [0, 0.1) is 11.8 Å². The lowest BCUT2D eigenvalue weighted by Crippen LogP contribution is -2.40. The van der Waals surface area contributed by atoms with E-state index >= 15 is 0 Å². The molecule has 0 N–H and O–H groups in total. The van der Waals surface area contributed by atoms with E-state index in [9.17, 15) is 4.79 Å². The van der Waals surface area contributed by atoms with Crippen LogP contribution < -0.4 is 0 Å². The molecule has 110 valence electrons. The molecule has 1 saturated heterocycles. The highest BCUT2D eigenvalue weighted by Crippen LogP contribution is 2.39. The highest BCUT2D eigenvalue weighted by molar-refractivity contribution is 5.78. The summed E-state index contributed by atoms with van der Waals surface area (Å²) in [6.45, 7) is 6.34. The van der Waals surface area contributed by atoms with Crippen molar-refractivity contribution in [3.05, 3.63) is 17.5 Å². The Balaban J connectivity index is 1.51. The van der Waals surface area contributed by atoms with E-state index in [0.29, 0.717) is 12.3 Å². The zero-order chi connectivity index (χ0) is 14.1. The van der Waals surface area contributed by atoms with Crippen LogP contribution in [0.1, 0.15) is 56.9 Å². The topological polar surface area (TPSA) is 46.3 Å². The fraction of sp³-hybridized carbons (Fsp3) is 0.750. The third-order valence-electron chi connectivity index (χ3n) is 4.73. The van der Waals surface area contributed by atoms with Crippen molar-refractivity contribution in [1.29, 1.82) is 0 Å². The van der Waals surface area contributed by atoms with Gasteiger partial charge in [0.2, 0.25) is 5.91 Å². The Morgan fingerprint density at radius 3 is 2.65 bits per heavy atom. The smallest absolute Gasteiger partial charge is 0.230 e. The van der Waals surface area contributed by atoms with E-state index in [2.05, 4.69) is 19.0 Å². The first-order chi connectivity index (χ1) is 9.63. The predicted molar refractivity (Wildman–Crippen MR) is 76.3 cm³/mol. The molecule has 1 aliphatic carbocycles. The molecule has 0 radical (unpaired) electrons. The van der Waals surface area contributed by atoms with Crippen molar-refractivity contribution in [3.63, 3.8) is 0 Å². The third kappa shape index (κ3) is 3.05. The summed E-state index contributed by atoms with van der Waals surface area (Å²) in [7, 11) is 0. The van der Waals surface area contributed by atoms with E-state index in [-0.39, 0.29) is 5.91 Å². The Labute approximate surface area is 120 Å². The number of likely N-dealkylation sites (tertiary alicyclic amines) is 1. The molecular formula is C16H24N2O2. The van der Waals surface area contributed by atoms with Gasteiger partial charge >= 0.3 is 0 Å². The molecule has 1 aliphatic heterocycles. The summed E-state index contributed by atoms with van der Waals surface area (Å²) >= 11 is 0. The number of hydrogen-bond donors (Lipinski definition) is 0. The molecule has 2 aliphatic rings. The van der Waals surface area contributed by atoms with Crippen LogP contribution in [0.4, 0.5) is 0 Å². The molecular weight excluding hydrogens is 252 g/mol. The minimum atomic E-state index is 0.186. The van der Waals surface area contributed by atoms with Crippen LogP contribution in [0.25, 0.3) is 0 Å². The molecule has 1 aromatic heterocycles. The van der Waals surface area contributed by atoms with Crippen LogP contribution in [0.15, 0.2) is 10.6 Å². The Kier molecular flexibility index (Phi) is 3.81. The molecule has 0 bridgehead atoms. The minimum Gasteiger partial charge on any atom is -0.361 e. The largest absolute Gasteiger partial charge is 0.361 e. The standard InChI is InChI=1S/C16H24N2O2/c1-11(2)12-5-7-18(8-6-12)16(19)10-14-9-15(17-20-14)13-3-4-13/h9,11-13H,3-8,10H2,1-2H3. The molecule has 1 aromatic rings. The van der Waals surface area contributed by atoms with Gasteiger partial charge in [-0.25, -0.2) is 0 Å². The molecule has 0 unspecified atom stereocenters. The molecule has 0 atom stereocenters. The van der Waals surface area contributed by atoms with Gasteiger partial charge in [0.15, 0.2) is 0 Å². The van der Waals surface area contributed by atoms with Crippen LogP contribution in [-0.4, -0.2) is 29.1 Å². The number of hydrogen-bond acceptors (Lipinski definition) is 3. The van der Waals surface area contributed by atoms with Crippen molar-refractivity contribution in [2.75, 3.05) is 13.1 Å². The van der Waals surface area contributed by atoms with Crippen LogP contribution >= 0.6 is 0 Å². The second kappa shape index (κ2) is 5.58. The molecule has 2 fully saturated rings. The van der Waals surface area contributed by atoms with Crippen molar-refractivity contribution in [3.8, 4) is 0 Å². The van der Waals surface area contributed by atoms with Gasteiger partial charge in [-0.1, -0.05) is 19.0 Å². The summed E-state index contributed by atoms with van der Waals surface area (Å²) in [5, 5.41) is 4.07. The Morgan fingerprint density at radius 1 is 1.35 bits per heavy atom. The maximum absolute atomic E-state index is 12.3. The lowest BCUT2D eigenvalue weighted by atomic mass is 9.86. The summed E-state index contributed by atoms with van der Waals surface area (Å²) in [5.41, 5.74) is 1.03. The van der Waals surface area contributed by atoms with Crippen molar-refractivity contribution in [2.24, 2.45) is 11.8 Å². The number of piperidine rings is 1. The van der Waals surface area contributed by atoms with Gasteiger partial charge in [-0.2, -0.15) is 0 Å². The van der Waals surface area contributed by atoms with Gasteiger partial charge in [0, 0.05) is 25.1 Å². The summed E-state index contributed by atoms with van der Waals surface area (Å²) in [6, 6.07) is 1.97. The number of carbonyl (C=O) groups is 1. The van der Waals surface area contributed by atoms with E-state index in [1.165, 1.54) is 12.8 Å². The average Bonchev–Trinajstić information content (AvgIpc) is 3.20. The van der Waals surface area contributed by atoms with Crippen LogP contribution in [0.2, 0.25) is 0 Å². The maximum Gasteiger partial charge on any atom is 0.230 e. The van der Waals surface area contributed by atoms with Gasteiger partial charge < -0.3 is 9.42 Å². The van der Waals surface area contributed by atoms with E-state index in [0.717, 1.165) is 49.2 Å². The molecule has 4 heteroatoms. The highest BCUT2D eigenvalue weighted by Gasteiger charge is 2.28. The number of amides is 1. The quantitative estimate of drug-likeness (QED) is 0.849. The molecule has 1 amide bonds. The van der Waals surface area contributed by atoms with Crippen LogP contribution in [-0.2, 0) is 11.2 Å². The second-order valence-corrected chi connectivity index (χ2v) is 6.63. The van der Waals surface area contributed by atoms with Gasteiger partial charge in [-0.15, -0.1) is 0 Å². The van der Waals surface area contributed by atoms with Crippen LogP contribution in [0.5, 0.6) is 0 Å². The number of rotatable bonds is 4. The Morgan fingerprint density at radius 2 is 2.05 bits per heavy atom. The molecule has 4 nitrogen and oxygen atoms in total. The molecule has 3 rings (SSSR count). The fourth-order valence-corrected chi connectivity index (χ4v) is 3.06. The Bertz CT molecular complexity index is 469. The maximum atomic E-state index is 12.3. The zero-order valence-corrected chi connectivity index (χ0v) is 12.5. The molecule has 0 aromatic carbocycles. The molecule has 2 heterocycles. The van der Waals surface area contributed by atoms with Crippen molar-refractivity contribution in [1.82, 2.24) is 10.1 Å². The lowest BCUT2D eigenvalue weighted by molar-refractivity contribution is -0.132. The summed E-state index contributed by atoms with van der Waals surface area (Å²) < 4.78 is 5.29. The first-order valence-electron chi connectivity index (χ1n) is 7.86. The zero-order valence-electron chi connectivity index (χ0n) is 12.5. The van der Waals surface area contributed by atoms with E-state index < -0.39 is 0 Å². The summed E-state index contributed by atoms with van der Waals surface area (Å²) in [5.74, 6) is 2.99. The third-order valence-corrected chi connectivity index (χ3v) is 4.73. The molecule has 0 spiro atoms. The molecule has 1 saturated carbocycles. The van der Waals surface area contributed by atoms with Crippen molar-refractivity contribution < 1.29 is 9.32 Å². The average molecular weight is 276 g/mol. The first kappa shape index (κ1) is 13.7. The molecule has 20 heavy (non-hydrogen) atoms. The number of nitrogens with zero attached hydrogens (tertiary/aromatic N) is 2. The highest BCUT2D eigenvalue weighted by atomic mass is 16.5. The lowest BCUT2D eigenvalue weighted by Gasteiger charge is -2.33. The van der Waals surface area contributed by atoms with E-state index in [1.54, 1.807) is 0 Å². The van der Waals surface area contributed by atoms with E-state index in [1.807, 2.05) is 11.0 Å². The SMILES string of the molecule is CC(C)C1CCN(C(=O)Cc2cc(C3CC3)no2)CC1. The van der Waals surface area contributed by atoms with E-state index in [4.69, 9.17) is 4.52 Å². The fourth-order valence-electron chi connectivity index (χ4n) is 3.06. The normalized spacial score (nSPS) is 20.6. The second-order valence-electron chi connectivity index (χ2n) is 6.63. The van der Waals surface area contributed by atoms with Gasteiger partial charge in [-0.05, 0) is 37.5 Å². The summed E-state index contributed by atoms with van der Waals surface area (Å²) in [6.07, 6.45) is 5.05. The first-order valence-corrected chi connectivity index (χ1v) is 7.86. The van der Waals surface area contributed by atoms with Gasteiger partial charge in [0.05, 0.1) is 12.1 Å². The van der Waals surface area contributed by atoms with Crippen molar-refractivity contribution in [2.45, 2.75) is 51.9 Å². The van der Waals surface area contributed by atoms with Gasteiger partial charge in [0.25, 0.3) is 0 Å². The monoisotopic (exact) mass is 276 g/mol. The predicted octanol–water partition coefficient (Wildman–Crippen LogP) is 2.99. The minimum absolute atomic E-state index is 0.186.